The first-order valence-electron chi connectivity index (χ1n) is 8.27. The highest BCUT2D eigenvalue weighted by Gasteiger charge is 2.43. The molecule has 0 radical (unpaired) electrons. The third-order valence-corrected chi connectivity index (χ3v) is 4.98. The normalized spacial score (nSPS) is 21.1. The Morgan fingerprint density at radius 1 is 1.30 bits per heavy atom. The third-order valence-electron chi connectivity index (χ3n) is 4.98. The third kappa shape index (κ3) is 3.04. The highest BCUT2D eigenvalue weighted by Crippen LogP contribution is 2.43. The number of hydrogen-bond acceptors (Lipinski definition) is 3. The zero-order valence-electron chi connectivity index (χ0n) is 13.8. The second-order valence-corrected chi connectivity index (χ2v) is 6.61. The number of amides is 2. The van der Waals surface area contributed by atoms with Gasteiger partial charge in [-0.1, -0.05) is 0 Å². The fourth-order valence-corrected chi connectivity index (χ4v) is 3.83. The van der Waals surface area contributed by atoms with E-state index in [9.17, 15) is 27.2 Å². The molecule has 0 unspecified atom stereocenters. The number of carbonyl (C=O) groups is 1. The minimum absolute atomic E-state index is 0.198. The number of fused-ring (bicyclic) bond motifs is 4. The number of nitrogens with one attached hydrogen (secondary N) is 2. The number of carbonyl (C=O) groups excluding carboxylic acids is 1. The van der Waals surface area contributed by atoms with Gasteiger partial charge in [0.2, 0.25) is 5.56 Å². The van der Waals surface area contributed by atoms with Crippen LogP contribution in [-0.2, 0) is 12.6 Å². The van der Waals surface area contributed by atoms with Crippen molar-refractivity contribution in [1.82, 2.24) is 14.9 Å². The first-order valence-corrected chi connectivity index (χ1v) is 8.27. The van der Waals surface area contributed by atoms with Gasteiger partial charge in [0.1, 0.15) is 5.69 Å². The van der Waals surface area contributed by atoms with E-state index in [0.717, 1.165) is 11.1 Å². The number of aromatic nitrogens is 2. The van der Waals surface area contributed by atoms with E-state index in [2.05, 4.69) is 15.3 Å². The van der Waals surface area contributed by atoms with E-state index in [0.29, 0.717) is 31.5 Å². The first kappa shape index (κ1) is 17.5. The second-order valence-electron chi connectivity index (χ2n) is 6.61. The maximum absolute atomic E-state index is 13.9. The van der Waals surface area contributed by atoms with Gasteiger partial charge >= 0.3 is 12.2 Å². The lowest BCUT2D eigenvalue weighted by Crippen LogP contribution is -2.44. The molecule has 0 aliphatic carbocycles. The van der Waals surface area contributed by atoms with Crippen LogP contribution in [0.2, 0.25) is 0 Å². The van der Waals surface area contributed by atoms with E-state index < -0.39 is 29.4 Å². The number of anilines is 1. The Hall–Kier alpha value is -2.91. The molecule has 0 aromatic carbocycles. The van der Waals surface area contributed by atoms with E-state index in [1.165, 1.54) is 11.0 Å². The first-order chi connectivity index (χ1) is 12.7. The number of rotatable bonds is 1. The van der Waals surface area contributed by atoms with E-state index in [4.69, 9.17) is 0 Å². The summed E-state index contributed by atoms with van der Waals surface area (Å²) in [6.07, 6.45) is -0.947. The lowest BCUT2D eigenvalue weighted by molar-refractivity contribution is -0.141. The molecule has 2 aromatic heterocycles. The minimum atomic E-state index is -4.75. The highest BCUT2D eigenvalue weighted by atomic mass is 19.4. The highest BCUT2D eigenvalue weighted by molar-refractivity contribution is 5.90. The van der Waals surface area contributed by atoms with Crippen LogP contribution >= 0.6 is 0 Å². The molecule has 2 aromatic rings. The number of aromatic amines is 1. The molecule has 2 atom stereocenters. The van der Waals surface area contributed by atoms with Crippen LogP contribution in [-0.4, -0.2) is 26.9 Å². The van der Waals surface area contributed by atoms with Crippen LogP contribution in [0, 0.1) is 5.82 Å². The summed E-state index contributed by atoms with van der Waals surface area (Å²) in [5.74, 6) is -1.05. The number of alkyl halides is 3. The average molecular weight is 382 g/mol. The Kier molecular flexibility index (Phi) is 3.93. The molecule has 1 fully saturated rings. The van der Waals surface area contributed by atoms with Gasteiger partial charge < -0.3 is 15.2 Å². The van der Waals surface area contributed by atoms with Gasteiger partial charge in [0.05, 0.1) is 17.9 Å². The molecular formula is C17H14F4N4O2. The van der Waals surface area contributed by atoms with Crippen molar-refractivity contribution in [3.8, 4) is 0 Å². The average Bonchev–Trinajstić information content (AvgIpc) is 2.91. The van der Waals surface area contributed by atoms with Crippen molar-refractivity contribution < 1.29 is 22.4 Å². The molecule has 10 heteroatoms. The van der Waals surface area contributed by atoms with Crippen LogP contribution in [0.4, 0.5) is 28.0 Å². The molecule has 1 saturated heterocycles. The summed E-state index contributed by atoms with van der Waals surface area (Å²) in [7, 11) is 0. The molecule has 2 aliphatic heterocycles. The summed E-state index contributed by atoms with van der Waals surface area (Å²) in [4.78, 5) is 31.3. The summed E-state index contributed by atoms with van der Waals surface area (Å²) in [6, 6.07) is 0.773. The lowest BCUT2D eigenvalue weighted by Gasteiger charge is -2.36. The standard InChI is InChI=1S/C17H14F4N4O2/c18-11-7-22-14(17(19,20)21)5-12(11)24-16(27)25-9-1-2-13(25)10-6-23-15(26)4-8(10)3-9/h4-7,9,13H,1-3H2,(H,23,26)(H,22,24,27)/t9-,13+/m1/s1. The Labute approximate surface area is 150 Å². The van der Waals surface area contributed by atoms with E-state index in [1.807, 2.05) is 0 Å². The van der Waals surface area contributed by atoms with Crippen LogP contribution in [0.1, 0.15) is 35.7 Å². The maximum Gasteiger partial charge on any atom is 0.433 e. The quantitative estimate of drug-likeness (QED) is 0.744. The summed E-state index contributed by atoms with van der Waals surface area (Å²) in [5, 5.41) is 2.24. The molecule has 142 valence electrons. The van der Waals surface area contributed by atoms with Gasteiger partial charge in [0.15, 0.2) is 5.82 Å². The Morgan fingerprint density at radius 2 is 2.07 bits per heavy atom. The molecule has 27 heavy (non-hydrogen) atoms. The van der Waals surface area contributed by atoms with Gasteiger partial charge in [-0.3, -0.25) is 4.79 Å². The summed E-state index contributed by atoms with van der Waals surface area (Å²) < 4.78 is 52.2. The van der Waals surface area contributed by atoms with Gasteiger partial charge in [0, 0.05) is 18.3 Å². The minimum Gasteiger partial charge on any atom is -0.329 e. The van der Waals surface area contributed by atoms with Crippen LogP contribution in [0.25, 0.3) is 0 Å². The fourth-order valence-electron chi connectivity index (χ4n) is 3.83. The van der Waals surface area contributed by atoms with Crippen molar-refractivity contribution in [2.75, 3.05) is 5.32 Å². The molecule has 0 saturated carbocycles. The number of halogens is 4. The largest absolute Gasteiger partial charge is 0.433 e. The molecule has 0 spiro atoms. The van der Waals surface area contributed by atoms with Crippen molar-refractivity contribution in [1.29, 1.82) is 0 Å². The molecule has 2 aliphatic rings. The van der Waals surface area contributed by atoms with Gasteiger partial charge in [-0.2, -0.15) is 13.2 Å². The molecule has 6 nitrogen and oxygen atoms in total. The zero-order chi connectivity index (χ0) is 19.3. The predicted molar refractivity (Wildman–Crippen MR) is 86.6 cm³/mol. The molecule has 2 bridgehead atoms. The van der Waals surface area contributed by atoms with Crippen LogP contribution in [0.15, 0.2) is 29.3 Å². The number of urea groups is 1. The predicted octanol–water partition coefficient (Wildman–Crippen LogP) is 3.22. The van der Waals surface area contributed by atoms with Crippen LogP contribution in [0.3, 0.4) is 0 Å². The van der Waals surface area contributed by atoms with Crippen LogP contribution < -0.4 is 10.9 Å². The number of H-pyrrole nitrogens is 1. The van der Waals surface area contributed by atoms with E-state index in [1.54, 1.807) is 6.20 Å². The molecule has 2 N–H and O–H groups in total. The smallest absolute Gasteiger partial charge is 0.329 e. The summed E-state index contributed by atoms with van der Waals surface area (Å²) in [6.45, 7) is 0. The summed E-state index contributed by atoms with van der Waals surface area (Å²) in [5.41, 5.74) is -0.447. The Morgan fingerprint density at radius 3 is 2.81 bits per heavy atom. The van der Waals surface area contributed by atoms with Gasteiger partial charge in [-0.25, -0.2) is 14.2 Å². The topological polar surface area (TPSA) is 78.1 Å². The fraction of sp³-hybridized carbons (Fsp3) is 0.353. The Bertz CT molecular complexity index is 972. The summed E-state index contributed by atoms with van der Waals surface area (Å²) >= 11 is 0. The molecular weight excluding hydrogens is 368 g/mol. The monoisotopic (exact) mass is 382 g/mol. The van der Waals surface area contributed by atoms with Gasteiger partial charge in [-0.05, 0) is 36.5 Å². The number of pyridine rings is 2. The van der Waals surface area contributed by atoms with E-state index >= 15 is 0 Å². The lowest BCUT2D eigenvalue weighted by atomic mass is 9.95. The maximum atomic E-state index is 13.9. The van der Waals surface area contributed by atoms with Crippen molar-refractivity contribution in [3.05, 3.63) is 57.5 Å². The molecule has 2 amide bonds. The zero-order valence-corrected chi connectivity index (χ0v) is 13.8. The van der Waals surface area contributed by atoms with Crippen molar-refractivity contribution in [3.63, 3.8) is 0 Å². The number of hydrogen-bond donors (Lipinski definition) is 2. The molecule has 4 heterocycles. The van der Waals surface area contributed by atoms with E-state index in [-0.39, 0.29) is 17.6 Å². The second kappa shape index (κ2) is 6.07. The van der Waals surface area contributed by atoms with Gasteiger partial charge in [-0.15, -0.1) is 0 Å². The number of nitrogens with zero attached hydrogens (tertiary/aromatic N) is 2. The molecule has 4 rings (SSSR count). The van der Waals surface area contributed by atoms with Crippen molar-refractivity contribution >= 4 is 11.7 Å². The Balaban J connectivity index is 1.61. The van der Waals surface area contributed by atoms with Gasteiger partial charge in [0.25, 0.3) is 0 Å². The van der Waals surface area contributed by atoms with Crippen molar-refractivity contribution in [2.45, 2.75) is 37.5 Å². The van der Waals surface area contributed by atoms with Crippen molar-refractivity contribution in [2.24, 2.45) is 0 Å². The van der Waals surface area contributed by atoms with Crippen LogP contribution in [0.5, 0.6) is 0 Å². The SMILES string of the molecule is O=C(Nc1cc(C(F)(F)F)ncc1F)N1[C@@H]2CC[C@H]1c1c[nH]c(=O)cc1C2.